The van der Waals surface area contributed by atoms with Crippen LogP contribution in [0.3, 0.4) is 0 Å². The van der Waals surface area contributed by atoms with Crippen molar-refractivity contribution >= 4 is 6.09 Å². The van der Waals surface area contributed by atoms with Crippen LogP contribution in [-0.4, -0.2) is 55.9 Å². The molecule has 0 unspecified atom stereocenters. The van der Waals surface area contributed by atoms with Gasteiger partial charge in [-0.1, -0.05) is 6.42 Å². The summed E-state index contributed by atoms with van der Waals surface area (Å²) < 4.78 is 38.4. The molecule has 1 amide bonds. The normalized spacial score (nSPS) is 19.9. The quantitative estimate of drug-likeness (QED) is 0.706. The highest BCUT2D eigenvalue weighted by Crippen LogP contribution is 2.36. The second-order valence-corrected chi connectivity index (χ2v) is 8.78. The van der Waals surface area contributed by atoms with E-state index < -0.39 is 18.6 Å². The molecule has 1 aliphatic rings. The topological polar surface area (TPSA) is 86.3 Å². The number of nitrogens with zero attached hydrogens (tertiary/aromatic N) is 5. The van der Waals surface area contributed by atoms with Gasteiger partial charge in [-0.25, -0.2) is 18.6 Å². The number of aryl methyl sites for hydroxylation is 1. The first kappa shape index (κ1) is 22.2. The fourth-order valence-electron chi connectivity index (χ4n) is 3.77. The fraction of sp³-hybridized carbons (Fsp3) is 0.700. The van der Waals surface area contributed by atoms with Crippen LogP contribution in [-0.2, 0) is 11.3 Å². The second kappa shape index (κ2) is 8.69. The van der Waals surface area contributed by atoms with Crippen LogP contribution in [0.5, 0.6) is 0 Å². The van der Waals surface area contributed by atoms with Crippen LogP contribution in [0.2, 0.25) is 0 Å². The van der Waals surface area contributed by atoms with E-state index in [2.05, 4.69) is 15.2 Å². The smallest absolute Gasteiger partial charge is 0.410 e. The van der Waals surface area contributed by atoms with E-state index in [0.717, 1.165) is 19.3 Å². The molecule has 3 rings (SSSR count). The fourth-order valence-corrected chi connectivity index (χ4v) is 3.77. The summed E-state index contributed by atoms with van der Waals surface area (Å²) in [6.07, 6.45) is 1.79. The Balaban J connectivity index is 1.73. The van der Waals surface area contributed by atoms with E-state index in [1.807, 2.05) is 20.8 Å². The Bertz CT molecular complexity index is 874. The van der Waals surface area contributed by atoms with Crippen LogP contribution in [0.25, 0.3) is 11.6 Å². The van der Waals surface area contributed by atoms with Crippen molar-refractivity contribution < 1.29 is 22.7 Å². The number of halogens is 2. The monoisotopic (exact) mass is 425 g/mol. The zero-order valence-corrected chi connectivity index (χ0v) is 18.1. The predicted octanol–water partition coefficient (Wildman–Crippen LogP) is 4.40. The molecule has 1 saturated carbocycles. The third-order valence-electron chi connectivity index (χ3n) is 5.22. The summed E-state index contributed by atoms with van der Waals surface area (Å²) in [7, 11) is 1.74. The van der Waals surface area contributed by atoms with Crippen LogP contribution in [0.4, 0.5) is 13.6 Å². The Labute approximate surface area is 174 Å². The third kappa shape index (κ3) is 5.14. The van der Waals surface area contributed by atoms with Gasteiger partial charge in [0.05, 0.1) is 18.6 Å². The Kier molecular flexibility index (Phi) is 6.42. The number of amides is 1. The summed E-state index contributed by atoms with van der Waals surface area (Å²) in [6.45, 7) is 6.74. The van der Waals surface area contributed by atoms with Gasteiger partial charge in [0.25, 0.3) is 12.3 Å². The van der Waals surface area contributed by atoms with E-state index in [-0.39, 0.29) is 23.9 Å². The van der Waals surface area contributed by atoms with Crippen molar-refractivity contribution in [2.45, 2.75) is 83.9 Å². The van der Waals surface area contributed by atoms with E-state index in [9.17, 15) is 13.6 Å². The third-order valence-corrected chi connectivity index (χ3v) is 5.22. The van der Waals surface area contributed by atoms with E-state index in [4.69, 9.17) is 9.15 Å². The number of hydrogen-bond donors (Lipinski definition) is 0. The van der Waals surface area contributed by atoms with E-state index in [1.54, 1.807) is 18.9 Å². The highest BCUT2D eigenvalue weighted by atomic mass is 19.3. The number of ether oxygens (including phenoxy) is 1. The van der Waals surface area contributed by atoms with Crippen molar-refractivity contribution in [2.75, 3.05) is 7.05 Å². The summed E-state index contributed by atoms with van der Waals surface area (Å²) in [6, 6.07) is 0.0000441. The van der Waals surface area contributed by atoms with Crippen LogP contribution in [0.1, 0.15) is 64.0 Å². The second-order valence-electron chi connectivity index (χ2n) is 8.78. The first-order valence-corrected chi connectivity index (χ1v) is 10.1. The molecule has 30 heavy (non-hydrogen) atoms. The maximum Gasteiger partial charge on any atom is 0.410 e. The van der Waals surface area contributed by atoms with E-state index in [1.165, 1.54) is 10.9 Å². The van der Waals surface area contributed by atoms with Crippen molar-refractivity contribution in [2.24, 2.45) is 0 Å². The SMILES string of the molecule is Cc1ncn(CC(F)F)c1-c1nnc([C@H]2CCC[C@@H](N(C)C(=O)OC(C)(C)C)C2)o1. The molecule has 1 aliphatic carbocycles. The largest absolute Gasteiger partial charge is 0.444 e. The summed E-state index contributed by atoms with van der Waals surface area (Å²) in [5.41, 5.74) is 0.407. The number of aromatic nitrogens is 4. The molecule has 2 aromatic rings. The van der Waals surface area contributed by atoms with Gasteiger partial charge < -0.3 is 18.6 Å². The Morgan fingerprint density at radius 3 is 2.77 bits per heavy atom. The van der Waals surface area contributed by atoms with Gasteiger partial charge in [-0.3, -0.25) is 0 Å². The molecule has 8 nitrogen and oxygen atoms in total. The molecule has 0 N–H and O–H groups in total. The summed E-state index contributed by atoms with van der Waals surface area (Å²) >= 11 is 0. The standard InChI is InChI=1S/C20H29F2N5O3/c1-12-16(27(11-23-12)10-15(21)22)18-25-24-17(29-18)13-7-6-8-14(9-13)26(5)19(28)30-20(2,3)4/h11,13-15H,6-10H2,1-5H3/t13-,14+/m0/s1. The number of hydrogen-bond acceptors (Lipinski definition) is 6. The summed E-state index contributed by atoms with van der Waals surface area (Å²) in [5.74, 6) is 0.626. The molecule has 2 heterocycles. The first-order chi connectivity index (χ1) is 14.0. The van der Waals surface area contributed by atoms with E-state index >= 15 is 0 Å². The van der Waals surface area contributed by atoms with Crippen LogP contribution < -0.4 is 0 Å². The lowest BCUT2D eigenvalue weighted by Gasteiger charge is -2.35. The minimum absolute atomic E-state index is 0.0000441. The molecular weight excluding hydrogens is 396 g/mol. The molecule has 0 saturated heterocycles. The highest BCUT2D eigenvalue weighted by molar-refractivity contribution is 5.68. The van der Waals surface area contributed by atoms with Gasteiger partial charge >= 0.3 is 6.09 Å². The molecule has 2 aromatic heterocycles. The van der Waals surface area contributed by atoms with Crippen LogP contribution >= 0.6 is 0 Å². The summed E-state index contributed by atoms with van der Waals surface area (Å²) in [4.78, 5) is 18.1. The van der Waals surface area contributed by atoms with E-state index in [0.29, 0.717) is 23.7 Å². The van der Waals surface area contributed by atoms with Gasteiger partial charge in [0.1, 0.15) is 11.3 Å². The van der Waals surface area contributed by atoms with Gasteiger partial charge in [-0.05, 0) is 47.0 Å². The van der Waals surface area contributed by atoms with Crippen molar-refractivity contribution in [3.05, 3.63) is 17.9 Å². The molecule has 10 heteroatoms. The van der Waals surface area contributed by atoms with Crippen molar-refractivity contribution in [1.29, 1.82) is 0 Å². The molecule has 0 bridgehead atoms. The average Bonchev–Trinajstić information content (AvgIpc) is 3.26. The predicted molar refractivity (Wildman–Crippen MR) is 105 cm³/mol. The van der Waals surface area contributed by atoms with Crippen LogP contribution in [0.15, 0.2) is 10.7 Å². The van der Waals surface area contributed by atoms with Gasteiger partial charge in [-0.2, -0.15) is 0 Å². The Hall–Kier alpha value is -2.52. The number of alkyl halides is 2. The minimum Gasteiger partial charge on any atom is -0.444 e. The van der Waals surface area contributed by atoms with Crippen molar-refractivity contribution in [1.82, 2.24) is 24.6 Å². The van der Waals surface area contributed by atoms with Crippen LogP contribution in [0, 0.1) is 6.92 Å². The Morgan fingerprint density at radius 1 is 1.37 bits per heavy atom. The van der Waals surface area contributed by atoms with Gasteiger partial charge in [0.15, 0.2) is 0 Å². The molecule has 0 spiro atoms. The van der Waals surface area contributed by atoms with Crippen molar-refractivity contribution in [3.8, 4) is 11.6 Å². The maximum absolute atomic E-state index is 12.9. The average molecular weight is 425 g/mol. The minimum atomic E-state index is -2.51. The number of carbonyl (C=O) groups excluding carboxylic acids is 1. The number of carbonyl (C=O) groups is 1. The molecule has 1 fully saturated rings. The maximum atomic E-state index is 12.9. The lowest BCUT2D eigenvalue weighted by Crippen LogP contribution is -2.42. The van der Waals surface area contributed by atoms with Gasteiger partial charge in [-0.15, -0.1) is 10.2 Å². The zero-order chi connectivity index (χ0) is 22.1. The number of rotatable bonds is 5. The summed E-state index contributed by atoms with van der Waals surface area (Å²) in [5, 5.41) is 8.26. The molecule has 0 aliphatic heterocycles. The first-order valence-electron chi connectivity index (χ1n) is 10.1. The molecule has 0 aromatic carbocycles. The molecule has 0 radical (unpaired) electrons. The molecular formula is C20H29F2N5O3. The molecule has 166 valence electrons. The van der Waals surface area contributed by atoms with Gasteiger partial charge in [0.2, 0.25) is 5.89 Å². The zero-order valence-electron chi connectivity index (χ0n) is 18.1. The van der Waals surface area contributed by atoms with Gasteiger partial charge in [0, 0.05) is 19.0 Å². The highest BCUT2D eigenvalue weighted by Gasteiger charge is 2.33. The Morgan fingerprint density at radius 2 is 2.10 bits per heavy atom. The lowest BCUT2D eigenvalue weighted by molar-refractivity contribution is 0.0176. The van der Waals surface area contributed by atoms with Crippen molar-refractivity contribution in [3.63, 3.8) is 0 Å². The molecule has 2 atom stereocenters. The lowest BCUT2D eigenvalue weighted by atomic mass is 9.85. The number of imidazole rings is 1.